The second-order valence-corrected chi connectivity index (χ2v) is 8.94. The number of amidine groups is 1. The molecule has 176 valence electrons. The fourth-order valence-electron chi connectivity index (χ4n) is 3.26. The number of aromatic amines is 1. The molecule has 16 heteroatoms. The van der Waals surface area contributed by atoms with E-state index < -0.39 is 7.81 Å². The van der Waals surface area contributed by atoms with Crippen molar-refractivity contribution >= 4 is 24.9 Å². The van der Waals surface area contributed by atoms with E-state index in [1.54, 1.807) is 0 Å². The van der Waals surface area contributed by atoms with E-state index in [1.807, 2.05) is 29.4 Å². The molecule has 0 atom stereocenters. The second kappa shape index (κ2) is 7.95. The van der Waals surface area contributed by atoms with E-state index in [0.29, 0.717) is 0 Å². The van der Waals surface area contributed by atoms with Crippen molar-refractivity contribution in [2.75, 3.05) is 26.2 Å². The minimum absolute atomic E-state index is 0.0371. The number of H-pyrrole nitrogens is 1. The van der Waals surface area contributed by atoms with E-state index in [4.69, 9.17) is 15.3 Å². The number of nitrogens with one attached hydrogen (secondary N) is 2. The van der Waals surface area contributed by atoms with Crippen LogP contribution in [0.2, 0.25) is 0 Å². The van der Waals surface area contributed by atoms with Gasteiger partial charge in [0.1, 0.15) is 0 Å². The van der Waals surface area contributed by atoms with Gasteiger partial charge in [-0.3, -0.25) is 0 Å². The molecule has 31 heavy (non-hydrogen) atoms. The zero-order valence-corrected chi connectivity index (χ0v) is 17.1. The van der Waals surface area contributed by atoms with Gasteiger partial charge in [-0.2, -0.15) is 5.12 Å². The number of hydrogen-bond acceptors (Lipinski definition) is 6. The van der Waals surface area contributed by atoms with Crippen LogP contribution in [0.25, 0.3) is 11.0 Å². The average Bonchev–Trinajstić information content (AvgIpc) is 3.40. The molecule has 2 aliphatic rings. The van der Waals surface area contributed by atoms with Crippen molar-refractivity contribution in [1.29, 1.82) is 5.41 Å². The van der Waals surface area contributed by atoms with Crippen molar-refractivity contribution in [3.63, 3.8) is 0 Å². The molecule has 0 radical (unpaired) electrons. The van der Waals surface area contributed by atoms with Crippen molar-refractivity contribution in [3.8, 4) is 0 Å². The molecule has 3 heterocycles. The Kier molecular flexibility index (Phi) is 5.97. The molecule has 2 aliphatic heterocycles. The first-order valence-electron chi connectivity index (χ1n) is 9.43. The van der Waals surface area contributed by atoms with E-state index in [9.17, 15) is 25.2 Å². The summed E-state index contributed by atoms with van der Waals surface area (Å²) < 4.78 is 59.2. The Morgan fingerprint density at radius 1 is 0.968 bits per heavy atom. The smallest absolute Gasteiger partial charge is 0.245 e. The van der Waals surface area contributed by atoms with Gasteiger partial charge in [0, 0.05) is 31.3 Å². The van der Waals surface area contributed by atoms with Crippen LogP contribution in [0.3, 0.4) is 0 Å². The zero-order chi connectivity index (χ0) is 22.8. The summed E-state index contributed by atoms with van der Waals surface area (Å²) in [6.45, 7) is 3.73. The largest absolute Gasteiger partial charge is 0.370 e. The van der Waals surface area contributed by atoms with Gasteiger partial charge < -0.3 is 0 Å². The van der Waals surface area contributed by atoms with Gasteiger partial charge in [0.25, 0.3) is 11.0 Å². The minimum Gasteiger partial charge on any atom is -0.245 e. The zero-order valence-electron chi connectivity index (χ0n) is 16.2. The standard InChI is InChI=1S/C15H21N7O2.F6P/c16-15(22(19-9-3-4-10-19)20-11-5-6-12-20)23-24-21-14-8-2-1-7-13(14)17-18-21;1-7(2,3,4,5)6/h1-2,7-8,16H,3-6,9-12H2;/q;-1/p+1. The van der Waals surface area contributed by atoms with Crippen LogP contribution in [0.5, 0.6) is 0 Å². The molecule has 0 bridgehead atoms. The molecule has 0 amide bonds. The maximum absolute atomic E-state index is 10.7. The summed E-state index contributed by atoms with van der Waals surface area (Å²) in [6, 6.07) is 7.50. The molecule has 2 fully saturated rings. The normalized spacial score (nSPS) is 19.9. The van der Waals surface area contributed by atoms with Gasteiger partial charge in [0.2, 0.25) is 0 Å². The van der Waals surface area contributed by atoms with Gasteiger partial charge in [0.15, 0.2) is 0 Å². The van der Waals surface area contributed by atoms with Crippen LogP contribution in [0, 0.1) is 5.41 Å². The van der Waals surface area contributed by atoms with Gasteiger partial charge in [-0.15, -0.1) is 0 Å². The molecule has 0 unspecified atom stereocenters. The molecule has 0 spiro atoms. The first-order valence-corrected chi connectivity index (χ1v) is 11.5. The number of hydrazine groups is 2. The SMILES string of the molecule is F[P-](F)(F)(F)(F)F.N=C(OO[n+]1[nH]nc2ccccc21)N(N1CCCC1)N1CCCC1. The third kappa shape index (κ3) is 7.67. The van der Waals surface area contributed by atoms with Gasteiger partial charge in [-0.25, -0.2) is 20.3 Å². The summed E-state index contributed by atoms with van der Waals surface area (Å²) in [5.74, 6) is 0. The van der Waals surface area contributed by atoms with Gasteiger partial charge in [-0.1, -0.05) is 17.1 Å². The average molecular weight is 477 g/mol. The Morgan fingerprint density at radius 3 is 1.97 bits per heavy atom. The summed E-state index contributed by atoms with van der Waals surface area (Å²) in [4.78, 5) is 11.9. The fourth-order valence-corrected chi connectivity index (χ4v) is 3.26. The van der Waals surface area contributed by atoms with Gasteiger partial charge in [-0.05, 0) is 43.0 Å². The maximum atomic E-state index is 9.87. The van der Waals surface area contributed by atoms with E-state index in [1.165, 1.54) is 4.85 Å². The first-order chi connectivity index (χ1) is 14.3. The van der Waals surface area contributed by atoms with Crippen LogP contribution in [0.15, 0.2) is 24.3 Å². The molecule has 2 N–H and O–H groups in total. The number of aromatic nitrogens is 3. The quantitative estimate of drug-likeness (QED) is 0.132. The molecule has 4 rings (SSSR count). The topological polar surface area (TPSA) is 84.6 Å². The predicted molar refractivity (Wildman–Crippen MR) is 98.7 cm³/mol. The van der Waals surface area contributed by atoms with Crippen molar-refractivity contribution < 1.29 is 39.9 Å². The van der Waals surface area contributed by atoms with Crippen LogP contribution in [0.4, 0.5) is 25.2 Å². The summed E-state index contributed by atoms with van der Waals surface area (Å²) in [5, 5.41) is 21.3. The molecule has 0 aliphatic carbocycles. The van der Waals surface area contributed by atoms with Crippen molar-refractivity contribution in [2.24, 2.45) is 0 Å². The number of halogens is 6. The van der Waals surface area contributed by atoms with Crippen molar-refractivity contribution in [2.45, 2.75) is 25.7 Å². The number of para-hydroxylation sites is 2. The van der Waals surface area contributed by atoms with Crippen LogP contribution < -0.4 is 9.83 Å². The number of benzene rings is 1. The van der Waals surface area contributed by atoms with Crippen LogP contribution in [0.1, 0.15) is 25.7 Å². The van der Waals surface area contributed by atoms with Gasteiger partial charge in [0.05, 0.1) is 4.85 Å². The number of fused-ring (bicyclic) bond motifs is 1. The number of nitrogens with zero attached hydrogens (tertiary/aromatic N) is 5. The molecule has 1 aromatic heterocycles. The molecule has 2 aromatic rings. The molecule has 1 aromatic carbocycles. The van der Waals surface area contributed by atoms with E-state index in [-0.39, 0.29) is 6.02 Å². The Labute approximate surface area is 172 Å². The Morgan fingerprint density at radius 2 is 1.45 bits per heavy atom. The number of rotatable bonds is 4. The van der Waals surface area contributed by atoms with Crippen molar-refractivity contribution in [3.05, 3.63) is 24.3 Å². The summed E-state index contributed by atoms with van der Waals surface area (Å²) >= 11 is 0. The Hall–Kier alpha value is -2.38. The van der Waals surface area contributed by atoms with Crippen LogP contribution >= 0.6 is 7.81 Å². The Balaban J connectivity index is 0.000000339. The fraction of sp³-hybridized carbons (Fsp3) is 0.533. The van der Waals surface area contributed by atoms with E-state index in [2.05, 4.69) is 20.3 Å². The third-order valence-electron chi connectivity index (χ3n) is 4.43. The molecule has 0 saturated carbocycles. The predicted octanol–water partition coefficient (Wildman–Crippen LogP) is 3.85. The van der Waals surface area contributed by atoms with E-state index >= 15 is 0 Å². The van der Waals surface area contributed by atoms with Crippen molar-refractivity contribution in [1.82, 2.24) is 25.4 Å². The Bertz CT molecular complexity index is 886. The second-order valence-electron chi connectivity index (χ2n) is 7.03. The van der Waals surface area contributed by atoms with Gasteiger partial charge >= 0.3 is 39.0 Å². The van der Waals surface area contributed by atoms with Crippen LogP contribution in [-0.2, 0) is 4.89 Å². The van der Waals surface area contributed by atoms with Crippen LogP contribution in [-0.4, -0.2) is 57.6 Å². The maximum Gasteiger partial charge on any atom is 0.370 e. The first kappa shape index (κ1) is 23.3. The monoisotopic (exact) mass is 477 g/mol. The molecular weight excluding hydrogens is 455 g/mol. The molecular formula is C15H22F6N7O2P. The van der Waals surface area contributed by atoms with E-state index in [0.717, 1.165) is 62.9 Å². The molecule has 9 nitrogen and oxygen atoms in total. The summed E-state index contributed by atoms with van der Waals surface area (Å²) in [6.07, 6.45) is 4.55. The summed E-state index contributed by atoms with van der Waals surface area (Å²) in [5.41, 5.74) is 1.52. The summed E-state index contributed by atoms with van der Waals surface area (Å²) in [7, 11) is -10.7. The minimum atomic E-state index is -10.7. The molecule has 2 saturated heterocycles. The number of hydrogen-bond donors (Lipinski definition) is 2. The third-order valence-corrected chi connectivity index (χ3v) is 4.43.